The summed E-state index contributed by atoms with van der Waals surface area (Å²) in [6, 6.07) is 8.12. The number of piperidine rings is 1. The highest BCUT2D eigenvalue weighted by molar-refractivity contribution is 7.13. The molecule has 0 unspecified atom stereocenters. The number of anilines is 3. The van der Waals surface area contributed by atoms with Crippen LogP contribution in [0.15, 0.2) is 29.6 Å². The molecular weight excluding hydrogens is 308 g/mol. The van der Waals surface area contributed by atoms with Gasteiger partial charge in [-0.3, -0.25) is 4.79 Å². The van der Waals surface area contributed by atoms with E-state index in [9.17, 15) is 4.79 Å². The van der Waals surface area contributed by atoms with E-state index in [0.717, 1.165) is 24.5 Å². The molecule has 122 valence electrons. The molecule has 0 saturated carbocycles. The van der Waals surface area contributed by atoms with E-state index >= 15 is 0 Å². The molecule has 1 aliphatic heterocycles. The Balaban J connectivity index is 1.50. The van der Waals surface area contributed by atoms with Gasteiger partial charge in [0.2, 0.25) is 5.91 Å². The number of nitrogens with two attached hydrogens (primary N) is 1. The molecule has 1 saturated heterocycles. The minimum Gasteiger partial charge on any atom is -0.375 e. The van der Waals surface area contributed by atoms with Crippen LogP contribution in [0.25, 0.3) is 0 Å². The number of nitrogen functional groups attached to an aromatic ring is 1. The summed E-state index contributed by atoms with van der Waals surface area (Å²) >= 11 is 1.41. The number of amides is 1. The second kappa shape index (κ2) is 7.46. The second-order valence-corrected chi connectivity index (χ2v) is 6.71. The van der Waals surface area contributed by atoms with Crippen LogP contribution in [0.1, 0.15) is 31.4 Å². The summed E-state index contributed by atoms with van der Waals surface area (Å²) in [5, 5.41) is 5.38. The van der Waals surface area contributed by atoms with Gasteiger partial charge in [-0.2, -0.15) is 0 Å². The molecule has 2 heterocycles. The summed E-state index contributed by atoms with van der Waals surface area (Å²) in [6.45, 7) is 2.25. The molecule has 23 heavy (non-hydrogen) atoms. The van der Waals surface area contributed by atoms with Crippen LogP contribution in [-0.2, 0) is 11.2 Å². The topological polar surface area (TPSA) is 71.2 Å². The van der Waals surface area contributed by atoms with Crippen LogP contribution in [-0.4, -0.2) is 24.0 Å². The van der Waals surface area contributed by atoms with Gasteiger partial charge in [0.1, 0.15) is 0 Å². The molecule has 1 aromatic heterocycles. The smallest absolute Gasteiger partial charge is 0.224 e. The lowest BCUT2D eigenvalue weighted by atomic mass is 10.1. The van der Waals surface area contributed by atoms with Gasteiger partial charge >= 0.3 is 0 Å². The van der Waals surface area contributed by atoms with Crippen molar-refractivity contribution in [1.82, 2.24) is 4.98 Å². The van der Waals surface area contributed by atoms with Crippen molar-refractivity contribution >= 4 is 33.8 Å². The first-order valence-electron chi connectivity index (χ1n) is 8.05. The van der Waals surface area contributed by atoms with Gasteiger partial charge < -0.3 is 16.0 Å². The van der Waals surface area contributed by atoms with Gasteiger partial charge in [-0.25, -0.2) is 4.98 Å². The second-order valence-electron chi connectivity index (χ2n) is 5.82. The van der Waals surface area contributed by atoms with Crippen LogP contribution < -0.4 is 16.0 Å². The Bertz CT molecular complexity index is 647. The number of rotatable bonds is 5. The van der Waals surface area contributed by atoms with Gasteiger partial charge in [-0.05, 0) is 49.9 Å². The first-order valence-corrected chi connectivity index (χ1v) is 8.93. The maximum Gasteiger partial charge on any atom is 0.224 e. The molecule has 1 amide bonds. The summed E-state index contributed by atoms with van der Waals surface area (Å²) < 4.78 is 0. The van der Waals surface area contributed by atoms with Crippen molar-refractivity contribution in [2.75, 3.05) is 29.0 Å². The summed E-state index contributed by atoms with van der Waals surface area (Å²) in [4.78, 5) is 18.6. The Morgan fingerprint density at radius 3 is 2.61 bits per heavy atom. The van der Waals surface area contributed by atoms with Crippen molar-refractivity contribution in [3.63, 3.8) is 0 Å². The summed E-state index contributed by atoms with van der Waals surface area (Å²) in [6.07, 6.45) is 4.89. The highest BCUT2D eigenvalue weighted by Gasteiger charge is 2.11. The SMILES string of the molecule is Nc1nc(CCC(=O)Nc2ccc(N3CCCCC3)cc2)cs1. The van der Waals surface area contributed by atoms with Crippen LogP contribution in [0.4, 0.5) is 16.5 Å². The van der Waals surface area contributed by atoms with Crippen LogP contribution in [0.5, 0.6) is 0 Å². The Morgan fingerprint density at radius 2 is 1.96 bits per heavy atom. The van der Waals surface area contributed by atoms with E-state index in [-0.39, 0.29) is 5.91 Å². The lowest BCUT2D eigenvalue weighted by Crippen LogP contribution is -2.29. The molecule has 1 aliphatic rings. The van der Waals surface area contributed by atoms with E-state index in [2.05, 4.69) is 27.3 Å². The van der Waals surface area contributed by atoms with E-state index in [1.165, 1.54) is 36.3 Å². The number of nitrogens with zero attached hydrogens (tertiary/aromatic N) is 2. The zero-order valence-electron chi connectivity index (χ0n) is 13.1. The molecule has 1 fully saturated rings. The number of aromatic nitrogens is 1. The highest BCUT2D eigenvalue weighted by Crippen LogP contribution is 2.22. The molecule has 0 spiro atoms. The summed E-state index contributed by atoms with van der Waals surface area (Å²) in [5.41, 5.74) is 8.54. The number of nitrogens with one attached hydrogen (secondary N) is 1. The normalized spacial score (nSPS) is 14.7. The van der Waals surface area contributed by atoms with E-state index in [1.807, 2.05) is 17.5 Å². The van der Waals surface area contributed by atoms with Crippen LogP contribution in [0, 0.1) is 0 Å². The molecule has 3 rings (SSSR count). The molecular formula is C17H22N4OS. The predicted octanol–water partition coefficient (Wildman–Crippen LogP) is 3.29. The molecule has 1 aromatic carbocycles. The largest absolute Gasteiger partial charge is 0.375 e. The Kier molecular flexibility index (Phi) is 5.12. The number of aryl methyl sites for hydroxylation is 1. The third-order valence-corrected chi connectivity index (χ3v) is 4.77. The van der Waals surface area contributed by atoms with Crippen molar-refractivity contribution in [3.05, 3.63) is 35.3 Å². The molecule has 0 aliphatic carbocycles. The number of benzene rings is 1. The summed E-state index contributed by atoms with van der Waals surface area (Å²) in [7, 11) is 0. The maximum absolute atomic E-state index is 12.0. The third kappa shape index (κ3) is 4.45. The zero-order chi connectivity index (χ0) is 16.1. The van der Waals surface area contributed by atoms with Crippen molar-refractivity contribution < 1.29 is 4.79 Å². The molecule has 0 bridgehead atoms. The third-order valence-electron chi connectivity index (χ3n) is 4.05. The van der Waals surface area contributed by atoms with Crippen molar-refractivity contribution in [3.8, 4) is 0 Å². The van der Waals surface area contributed by atoms with E-state index < -0.39 is 0 Å². The Morgan fingerprint density at radius 1 is 1.22 bits per heavy atom. The van der Waals surface area contributed by atoms with Gasteiger partial charge in [0.05, 0.1) is 5.69 Å². The quantitative estimate of drug-likeness (QED) is 0.882. The van der Waals surface area contributed by atoms with Gasteiger partial charge in [-0.15, -0.1) is 11.3 Å². The van der Waals surface area contributed by atoms with Crippen molar-refractivity contribution in [2.24, 2.45) is 0 Å². The Hall–Kier alpha value is -2.08. The van der Waals surface area contributed by atoms with Gasteiger partial charge in [0.15, 0.2) is 5.13 Å². The first kappa shape index (κ1) is 15.8. The number of hydrogen-bond acceptors (Lipinski definition) is 5. The number of thiazole rings is 1. The fraction of sp³-hybridized carbons (Fsp3) is 0.412. The maximum atomic E-state index is 12.0. The lowest BCUT2D eigenvalue weighted by molar-refractivity contribution is -0.116. The van der Waals surface area contributed by atoms with Crippen molar-refractivity contribution in [1.29, 1.82) is 0 Å². The zero-order valence-corrected chi connectivity index (χ0v) is 13.9. The monoisotopic (exact) mass is 330 g/mol. The van der Waals surface area contributed by atoms with E-state index in [1.54, 1.807) is 0 Å². The molecule has 0 atom stereocenters. The number of carbonyl (C=O) groups is 1. The average Bonchev–Trinajstić information content (AvgIpc) is 3.00. The molecule has 5 nitrogen and oxygen atoms in total. The van der Waals surface area contributed by atoms with E-state index in [0.29, 0.717) is 18.0 Å². The summed E-state index contributed by atoms with van der Waals surface area (Å²) in [5.74, 6) is 0.00212. The fourth-order valence-corrected chi connectivity index (χ4v) is 3.41. The van der Waals surface area contributed by atoms with Crippen LogP contribution in [0.2, 0.25) is 0 Å². The fourth-order valence-electron chi connectivity index (χ4n) is 2.81. The van der Waals surface area contributed by atoms with Gasteiger partial charge in [-0.1, -0.05) is 0 Å². The lowest BCUT2D eigenvalue weighted by Gasteiger charge is -2.28. The standard InChI is InChI=1S/C17H22N4OS/c18-17-20-14(12-23-17)6-9-16(22)19-13-4-7-15(8-5-13)21-10-2-1-3-11-21/h4-5,7-8,12H,1-3,6,9-11H2,(H2,18,20)(H,19,22). The predicted molar refractivity (Wildman–Crippen MR) is 96.0 cm³/mol. The first-order chi connectivity index (χ1) is 11.2. The molecule has 6 heteroatoms. The Labute approximate surface area is 140 Å². The van der Waals surface area contributed by atoms with Gasteiger partial charge in [0, 0.05) is 36.3 Å². The molecule has 2 aromatic rings. The minimum atomic E-state index is 0.00212. The van der Waals surface area contributed by atoms with E-state index in [4.69, 9.17) is 5.73 Å². The minimum absolute atomic E-state index is 0.00212. The van der Waals surface area contributed by atoms with Crippen molar-refractivity contribution in [2.45, 2.75) is 32.1 Å². The average molecular weight is 330 g/mol. The van der Waals surface area contributed by atoms with Gasteiger partial charge in [0.25, 0.3) is 0 Å². The number of carbonyl (C=O) groups excluding carboxylic acids is 1. The number of hydrogen-bond donors (Lipinski definition) is 2. The molecule has 3 N–H and O–H groups in total. The van der Waals surface area contributed by atoms with Crippen LogP contribution in [0.3, 0.4) is 0 Å². The highest BCUT2D eigenvalue weighted by atomic mass is 32.1. The van der Waals surface area contributed by atoms with Crippen LogP contribution >= 0.6 is 11.3 Å². The molecule has 0 radical (unpaired) electrons.